The number of H-pyrrole nitrogens is 1. The zero-order chi connectivity index (χ0) is 14.7. The molecule has 21 heavy (non-hydrogen) atoms. The van der Waals surface area contributed by atoms with E-state index in [1.165, 1.54) is 0 Å². The molecule has 0 spiro atoms. The summed E-state index contributed by atoms with van der Waals surface area (Å²) >= 11 is 0. The van der Waals surface area contributed by atoms with E-state index in [2.05, 4.69) is 20.9 Å². The van der Waals surface area contributed by atoms with E-state index in [4.69, 9.17) is 15.9 Å². The van der Waals surface area contributed by atoms with Gasteiger partial charge in [0.05, 0.1) is 18.2 Å². The zero-order valence-corrected chi connectivity index (χ0v) is 11.5. The Kier molecular flexibility index (Phi) is 3.44. The smallest absolute Gasteiger partial charge is 0.178 e. The highest BCUT2D eigenvalue weighted by atomic mass is 16.5. The minimum absolute atomic E-state index is 0.159. The first-order chi connectivity index (χ1) is 10.3. The molecule has 0 aliphatic carbocycles. The fourth-order valence-electron chi connectivity index (χ4n) is 2.10. The Bertz CT molecular complexity index is 785. The third-order valence-electron chi connectivity index (χ3n) is 3.01. The third kappa shape index (κ3) is 2.39. The van der Waals surface area contributed by atoms with Crippen LogP contribution in [0.25, 0.3) is 22.6 Å². The van der Waals surface area contributed by atoms with Crippen LogP contribution in [0.2, 0.25) is 0 Å². The lowest BCUT2D eigenvalue weighted by Gasteiger charge is -2.12. The molecule has 0 saturated heterocycles. The van der Waals surface area contributed by atoms with Gasteiger partial charge in [0.1, 0.15) is 12.4 Å². The van der Waals surface area contributed by atoms with Gasteiger partial charge in [-0.1, -0.05) is 12.0 Å². The second-order valence-electron chi connectivity index (χ2n) is 4.29. The molecule has 0 aliphatic rings. The number of rotatable bonds is 4. The Balaban J connectivity index is 2.14. The first-order valence-electron chi connectivity index (χ1n) is 6.38. The first-order valence-corrected chi connectivity index (χ1v) is 6.38. The largest absolute Gasteiger partial charge is 0.493 e. The first kappa shape index (κ1) is 13.0. The van der Waals surface area contributed by atoms with Crippen LogP contribution in [0.5, 0.6) is 11.5 Å². The van der Waals surface area contributed by atoms with Crippen molar-refractivity contribution in [3.63, 3.8) is 0 Å². The van der Waals surface area contributed by atoms with Crippen LogP contribution in [0, 0.1) is 12.3 Å². The van der Waals surface area contributed by atoms with Crippen LogP contribution in [-0.4, -0.2) is 28.7 Å². The second kappa shape index (κ2) is 5.55. The van der Waals surface area contributed by atoms with Gasteiger partial charge in [0.15, 0.2) is 17.1 Å². The van der Waals surface area contributed by atoms with Gasteiger partial charge in [0, 0.05) is 6.20 Å². The summed E-state index contributed by atoms with van der Waals surface area (Å²) in [5.41, 5.74) is 2.29. The van der Waals surface area contributed by atoms with Crippen LogP contribution < -0.4 is 9.47 Å². The van der Waals surface area contributed by atoms with Crippen LogP contribution >= 0.6 is 0 Å². The highest BCUT2D eigenvalue weighted by Crippen LogP contribution is 2.37. The number of methoxy groups -OCH3 is 1. The molecule has 1 aromatic carbocycles. The van der Waals surface area contributed by atoms with Gasteiger partial charge in [0.2, 0.25) is 0 Å². The molecule has 104 valence electrons. The summed E-state index contributed by atoms with van der Waals surface area (Å²) in [6.07, 6.45) is 6.97. The SMILES string of the molecule is C#CCOc1c(OC)cccc1-c1nc2ncccc2[nH]1. The molecule has 5 nitrogen and oxygen atoms in total. The molecule has 0 atom stereocenters. The standard InChI is InChI=1S/C16H13N3O2/c1-3-10-21-14-11(6-4-8-13(14)20-2)15-18-12-7-5-9-17-16(12)19-15/h1,4-9H,10H2,2H3,(H,17,18,19). The molecule has 2 heterocycles. The summed E-state index contributed by atoms with van der Waals surface area (Å²) in [7, 11) is 1.59. The number of ether oxygens (including phenoxy) is 2. The molecule has 3 aromatic rings. The predicted octanol–water partition coefficient (Wildman–Crippen LogP) is 2.65. The van der Waals surface area contributed by atoms with Crippen LogP contribution in [0.3, 0.4) is 0 Å². The van der Waals surface area contributed by atoms with Crippen molar-refractivity contribution in [2.75, 3.05) is 13.7 Å². The Labute approximate surface area is 122 Å². The molecule has 0 saturated carbocycles. The number of hydrogen-bond acceptors (Lipinski definition) is 4. The number of aromatic amines is 1. The maximum atomic E-state index is 5.62. The Morgan fingerprint density at radius 1 is 1.29 bits per heavy atom. The van der Waals surface area contributed by atoms with Gasteiger partial charge in [-0.05, 0) is 24.3 Å². The van der Waals surface area contributed by atoms with E-state index < -0.39 is 0 Å². The highest BCUT2D eigenvalue weighted by molar-refractivity contribution is 5.78. The quantitative estimate of drug-likeness (QED) is 0.746. The Morgan fingerprint density at radius 3 is 2.95 bits per heavy atom. The fraction of sp³-hybridized carbons (Fsp3) is 0.125. The number of imidazole rings is 1. The topological polar surface area (TPSA) is 60.0 Å². The summed E-state index contributed by atoms with van der Waals surface area (Å²) in [6, 6.07) is 9.35. The van der Waals surface area contributed by atoms with E-state index >= 15 is 0 Å². The van der Waals surface area contributed by atoms with Crippen LogP contribution in [0.4, 0.5) is 0 Å². The zero-order valence-electron chi connectivity index (χ0n) is 11.5. The summed E-state index contributed by atoms with van der Waals surface area (Å²) < 4.78 is 10.9. The molecule has 5 heteroatoms. The minimum atomic E-state index is 0.159. The number of aromatic nitrogens is 3. The van der Waals surface area contributed by atoms with Gasteiger partial charge in [-0.25, -0.2) is 9.97 Å². The second-order valence-corrected chi connectivity index (χ2v) is 4.29. The van der Waals surface area contributed by atoms with Crippen molar-refractivity contribution in [3.05, 3.63) is 36.5 Å². The summed E-state index contributed by atoms with van der Waals surface area (Å²) in [6.45, 7) is 0.159. The molecule has 0 unspecified atom stereocenters. The van der Waals surface area contributed by atoms with Gasteiger partial charge >= 0.3 is 0 Å². The average Bonchev–Trinajstić information content (AvgIpc) is 2.96. The molecule has 0 aliphatic heterocycles. The maximum absolute atomic E-state index is 5.62. The lowest BCUT2D eigenvalue weighted by molar-refractivity contribution is 0.332. The molecular weight excluding hydrogens is 266 g/mol. The lowest BCUT2D eigenvalue weighted by atomic mass is 10.1. The third-order valence-corrected chi connectivity index (χ3v) is 3.01. The number of benzene rings is 1. The van der Waals surface area contributed by atoms with Crippen molar-refractivity contribution in [1.29, 1.82) is 0 Å². The van der Waals surface area contributed by atoms with Crippen molar-refractivity contribution in [2.24, 2.45) is 0 Å². The number of hydrogen-bond donors (Lipinski definition) is 1. The van der Waals surface area contributed by atoms with Crippen LogP contribution in [0.15, 0.2) is 36.5 Å². The van der Waals surface area contributed by atoms with Crippen molar-refractivity contribution in [2.45, 2.75) is 0 Å². The molecule has 2 aromatic heterocycles. The molecular formula is C16H13N3O2. The number of pyridine rings is 1. The van der Waals surface area contributed by atoms with Crippen LogP contribution in [0.1, 0.15) is 0 Å². The van der Waals surface area contributed by atoms with E-state index in [9.17, 15) is 0 Å². The van der Waals surface area contributed by atoms with Crippen molar-refractivity contribution in [1.82, 2.24) is 15.0 Å². The van der Waals surface area contributed by atoms with Crippen molar-refractivity contribution >= 4 is 11.2 Å². The van der Waals surface area contributed by atoms with Gasteiger partial charge < -0.3 is 14.5 Å². The summed E-state index contributed by atoms with van der Waals surface area (Å²) in [5, 5.41) is 0. The number of para-hydroxylation sites is 1. The molecule has 1 N–H and O–H groups in total. The molecule has 0 bridgehead atoms. The Morgan fingerprint density at radius 2 is 2.19 bits per heavy atom. The van der Waals surface area contributed by atoms with E-state index in [1.54, 1.807) is 13.3 Å². The van der Waals surface area contributed by atoms with Crippen LogP contribution in [-0.2, 0) is 0 Å². The summed E-state index contributed by atoms with van der Waals surface area (Å²) in [4.78, 5) is 11.9. The van der Waals surface area contributed by atoms with Crippen molar-refractivity contribution < 1.29 is 9.47 Å². The van der Waals surface area contributed by atoms with Gasteiger partial charge in [-0.15, -0.1) is 6.42 Å². The van der Waals surface area contributed by atoms with E-state index in [-0.39, 0.29) is 6.61 Å². The van der Waals surface area contributed by atoms with Gasteiger partial charge in [-0.2, -0.15) is 0 Å². The fourth-order valence-corrected chi connectivity index (χ4v) is 2.10. The van der Waals surface area contributed by atoms with E-state index in [0.717, 1.165) is 11.1 Å². The number of nitrogens with one attached hydrogen (secondary N) is 1. The molecule has 0 amide bonds. The maximum Gasteiger partial charge on any atom is 0.178 e. The van der Waals surface area contributed by atoms with E-state index in [0.29, 0.717) is 23.0 Å². The summed E-state index contributed by atoms with van der Waals surface area (Å²) in [5.74, 6) is 4.29. The molecule has 3 rings (SSSR count). The minimum Gasteiger partial charge on any atom is -0.493 e. The monoisotopic (exact) mass is 279 g/mol. The number of fused-ring (bicyclic) bond motifs is 1. The highest BCUT2D eigenvalue weighted by Gasteiger charge is 2.15. The molecule has 0 fully saturated rings. The van der Waals surface area contributed by atoms with E-state index in [1.807, 2.05) is 30.3 Å². The van der Waals surface area contributed by atoms with Crippen molar-refractivity contribution in [3.8, 4) is 35.2 Å². The van der Waals surface area contributed by atoms with Gasteiger partial charge in [-0.3, -0.25) is 0 Å². The number of terminal acetylenes is 1. The normalized spacial score (nSPS) is 10.3. The molecule has 0 radical (unpaired) electrons. The van der Waals surface area contributed by atoms with Gasteiger partial charge in [0.25, 0.3) is 0 Å². The number of nitrogens with zero attached hydrogens (tertiary/aromatic N) is 2. The lowest BCUT2D eigenvalue weighted by Crippen LogP contribution is -1.99. The average molecular weight is 279 g/mol. The Hall–Kier alpha value is -3.00. The predicted molar refractivity (Wildman–Crippen MR) is 80.2 cm³/mol.